The Morgan fingerprint density at radius 3 is 2.94 bits per heavy atom. The summed E-state index contributed by atoms with van der Waals surface area (Å²) in [5.74, 6) is 0.313. The summed E-state index contributed by atoms with van der Waals surface area (Å²) in [6.07, 6.45) is 4.79. The van der Waals surface area contributed by atoms with E-state index in [1.165, 1.54) is 0 Å². The van der Waals surface area contributed by atoms with Gasteiger partial charge in [-0.1, -0.05) is 31.8 Å². The molecule has 3 N–H and O–H groups in total. The monoisotopic (exact) mass is 241 g/mol. The van der Waals surface area contributed by atoms with E-state index in [4.69, 9.17) is 10.9 Å². The van der Waals surface area contributed by atoms with Gasteiger partial charge in [-0.2, -0.15) is 0 Å². The van der Waals surface area contributed by atoms with E-state index in [0.29, 0.717) is 0 Å². The highest BCUT2D eigenvalue weighted by Crippen LogP contribution is 2.21. The Morgan fingerprint density at radius 2 is 2.35 bits per heavy atom. The highest BCUT2D eigenvalue weighted by molar-refractivity contribution is 5.91. The first-order chi connectivity index (χ1) is 8.11. The zero-order chi connectivity index (χ0) is 12.8. The second-order valence-electron chi connectivity index (χ2n) is 4.76. The van der Waals surface area contributed by atoms with Crippen LogP contribution < -0.4 is 5.73 Å². The lowest BCUT2D eigenvalue weighted by Crippen LogP contribution is -2.45. The van der Waals surface area contributed by atoms with Gasteiger partial charge in [0.05, 0.1) is 6.04 Å². The molecule has 98 valence electrons. The van der Waals surface area contributed by atoms with Gasteiger partial charge in [-0.3, -0.25) is 4.79 Å². The van der Waals surface area contributed by atoms with Crippen LogP contribution in [-0.2, 0) is 4.79 Å². The highest BCUT2D eigenvalue weighted by atomic mass is 16.4. The molecule has 0 radical (unpaired) electrons. The van der Waals surface area contributed by atoms with Gasteiger partial charge in [0.25, 0.3) is 0 Å². The molecule has 1 amide bonds. The number of carbonyl (C=O) groups excluding carboxylic acids is 1. The molecule has 0 saturated carbocycles. The quantitative estimate of drug-likeness (QED) is 0.332. The van der Waals surface area contributed by atoms with Crippen molar-refractivity contribution in [1.82, 2.24) is 4.90 Å². The molecule has 0 aromatic rings. The number of nitrogens with zero attached hydrogens (tertiary/aromatic N) is 2. The molecular weight excluding hydrogens is 218 g/mol. The first kappa shape index (κ1) is 13.8. The van der Waals surface area contributed by atoms with Crippen molar-refractivity contribution < 1.29 is 10.0 Å². The molecule has 1 heterocycles. The van der Waals surface area contributed by atoms with Gasteiger partial charge in [0.2, 0.25) is 5.91 Å². The third kappa shape index (κ3) is 3.35. The summed E-state index contributed by atoms with van der Waals surface area (Å²) in [5.41, 5.74) is 5.61. The molecule has 0 bridgehead atoms. The molecule has 17 heavy (non-hydrogen) atoms. The lowest BCUT2D eigenvalue weighted by atomic mass is 10.0. The molecule has 5 heteroatoms. The van der Waals surface area contributed by atoms with Crippen molar-refractivity contribution in [2.45, 2.75) is 52.0 Å². The van der Waals surface area contributed by atoms with Crippen LogP contribution in [0.15, 0.2) is 5.16 Å². The van der Waals surface area contributed by atoms with Gasteiger partial charge in [0.1, 0.15) is 0 Å². The Hall–Kier alpha value is -1.26. The molecule has 1 aliphatic rings. The number of likely N-dealkylation sites (tertiary alicyclic amines) is 1. The summed E-state index contributed by atoms with van der Waals surface area (Å²) in [5, 5.41) is 11.7. The van der Waals surface area contributed by atoms with E-state index in [1.807, 2.05) is 6.92 Å². The fourth-order valence-corrected chi connectivity index (χ4v) is 2.32. The fraction of sp³-hybridized carbons (Fsp3) is 0.833. The Balaban J connectivity index is 2.61. The summed E-state index contributed by atoms with van der Waals surface area (Å²) in [4.78, 5) is 14.0. The van der Waals surface area contributed by atoms with Crippen molar-refractivity contribution >= 4 is 11.7 Å². The van der Waals surface area contributed by atoms with Crippen molar-refractivity contribution in [2.75, 3.05) is 6.54 Å². The molecule has 2 unspecified atom stereocenters. The van der Waals surface area contributed by atoms with Crippen LogP contribution in [0.25, 0.3) is 0 Å². The van der Waals surface area contributed by atoms with E-state index in [2.05, 4.69) is 12.1 Å². The number of nitrogens with two attached hydrogens (primary N) is 1. The lowest BCUT2D eigenvalue weighted by molar-refractivity contribution is -0.135. The number of rotatable bonds is 5. The maximum Gasteiger partial charge on any atom is 0.226 e. The van der Waals surface area contributed by atoms with E-state index in [1.54, 1.807) is 4.90 Å². The highest BCUT2D eigenvalue weighted by Gasteiger charge is 2.33. The van der Waals surface area contributed by atoms with Crippen molar-refractivity contribution in [2.24, 2.45) is 16.8 Å². The van der Waals surface area contributed by atoms with Crippen molar-refractivity contribution in [3.8, 4) is 0 Å². The van der Waals surface area contributed by atoms with E-state index in [0.717, 1.165) is 38.6 Å². The van der Waals surface area contributed by atoms with Gasteiger partial charge >= 0.3 is 0 Å². The minimum Gasteiger partial charge on any atom is -0.409 e. The van der Waals surface area contributed by atoms with Crippen LogP contribution in [0, 0.1) is 5.92 Å². The third-order valence-electron chi connectivity index (χ3n) is 3.41. The number of hydrogen-bond acceptors (Lipinski definition) is 3. The average molecular weight is 241 g/mol. The van der Waals surface area contributed by atoms with Gasteiger partial charge in [0, 0.05) is 12.5 Å². The molecule has 0 aromatic carbocycles. The van der Waals surface area contributed by atoms with Gasteiger partial charge in [-0.25, -0.2) is 0 Å². The maximum absolute atomic E-state index is 12.2. The van der Waals surface area contributed by atoms with Crippen LogP contribution in [0.5, 0.6) is 0 Å². The second kappa shape index (κ2) is 6.47. The average Bonchev–Trinajstić information content (AvgIpc) is 2.82. The SMILES string of the molecule is CCCCC(C)C(=O)N1CCCC1C(N)=NO. The van der Waals surface area contributed by atoms with E-state index in [9.17, 15) is 4.79 Å². The Bertz CT molecular complexity index is 291. The van der Waals surface area contributed by atoms with Crippen LogP contribution in [0.2, 0.25) is 0 Å². The first-order valence-corrected chi connectivity index (χ1v) is 6.39. The van der Waals surface area contributed by atoms with Crippen LogP contribution in [0.4, 0.5) is 0 Å². The van der Waals surface area contributed by atoms with Crippen molar-refractivity contribution in [1.29, 1.82) is 0 Å². The summed E-state index contributed by atoms with van der Waals surface area (Å²) in [6, 6.07) is -0.212. The zero-order valence-electron chi connectivity index (χ0n) is 10.7. The molecule has 1 saturated heterocycles. The Kier molecular flexibility index (Phi) is 5.25. The van der Waals surface area contributed by atoms with Crippen molar-refractivity contribution in [3.63, 3.8) is 0 Å². The molecule has 2 atom stereocenters. The molecular formula is C12H23N3O2. The van der Waals surface area contributed by atoms with Crippen LogP contribution in [-0.4, -0.2) is 34.4 Å². The van der Waals surface area contributed by atoms with Crippen LogP contribution in [0.1, 0.15) is 46.0 Å². The molecule has 1 aliphatic heterocycles. The largest absolute Gasteiger partial charge is 0.409 e. The molecule has 0 aliphatic carbocycles. The predicted molar refractivity (Wildman–Crippen MR) is 66.8 cm³/mol. The standard InChI is InChI=1S/C12H23N3O2/c1-3-4-6-9(2)12(16)15-8-5-7-10(15)11(13)14-17/h9-10,17H,3-8H2,1-2H3,(H2,13,14). The van der Waals surface area contributed by atoms with Crippen LogP contribution in [0.3, 0.4) is 0 Å². The number of unbranched alkanes of at least 4 members (excludes halogenated alkanes) is 1. The number of hydrogen-bond donors (Lipinski definition) is 2. The normalized spacial score (nSPS) is 22.8. The molecule has 5 nitrogen and oxygen atoms in total. The number of carbonyl (C=O) groups is 1. The Morgan fingerprint density at radius 1 is 1.65 bits per heavy atom. The molecule has 0 spiro atoms. The summed E-state index contributed by atoms with van der Waals surface area (Å²) < 4.78 is 0. The zero-order valence-corrected chi connectivity index (χ0v) is 10.7. The molecule has 1 fully saturated rings. The molecule has 0 aromatic heterocycles. The number of amides is 1. The summed E-state index contributed by atoms with van der Waals surface area (Å²) >= 11 is 0. The smallest absolute Gasteiger partial charge is 0.226 e. The topological polar surface area (TPSA) is 78.9 Å². The second-order valence-corrected chi connectivity index (χ2v) is 4.76. The summed E-state index contributed by atoms with van der Waals surface area (Å²) in [6.45, 7) is 4.79. The predicted octanol–water partition coefficient (Wildman–Crippen LogP) is 1.55. The van der Waals surface area contributed by atoms with Gasteiger partial charge < -0.3 is 15.8 Å². The minimum absolute atomic E-state index is 0.0297. The summed E-state index contributed by atoms with van der Waals surface area (Å²) in [7, 11) is 0. The number of amidine groups is 1. The van der Waals surface area contributed by atoms with E-state index < -0.39 is 0 Å². The molecule has 1 rings (SSSR count). The maximum atomic E-state index is 12.2. The fourth-order valence-electron chi connectivity index (χ4n) is 2.32. The first-order valence-electron chi connectivity index (χ1n) is 6.39. The number of oxime groups is 1. The lowest BCUT2D eigenvalue weighted by Gasteiger charge is -2.26. The van der Waals surface area contributed by atoms with Gasteiger partial charge in [0.15, 0.2) is 5.84 Å². The van der Waals surface area contributed by atoms with E-state index in [-0.39, 0.29) is 23.7 Å². The van der Waals surface area contributed by atoms with Gasteiger partial charge in [-0.05, 0) is 19.3 Å². The van der Waals surface area contributed by atoms with Gasteiger partial charge in [-0.15, -0.1) is 0 Å². The van der Waals surface area contributed by atoms with Crippen molar-refractivity contribution in [3.05, 3.63) is 0 Å². The van der Waals surface area contributed by atoms with Crippen LogP contribution >= 0.6 is 0 Å². The third-order valence-corrected chi connectivity index (χ3v) is 3.41. The Labute approximate surface area is 103 Å². The minimum atomic E-state index is -0.212. The van der Waals surface area contributed by atoms with E-state index >= 15 is 0 Å².